The topological polar surface area (TPSA) is 33.1 Å². The van der Waals surface area contributed by atoms with E-state index in [0.29, 0.717) is 5.69 Å². The van der Waals surface area contributed by atoms with Crippen molar-refractivity contribution in [2.45, 2.75) is 6.61 Å². The van der Waals surface area contributed by atoms with Gasteiger partial charge in [0.1, 0.15) is 0 Å². The summed E-state index contributed by atoms with van der Waals surface area (Å²) in [6.07, 6.45) is 1.74. The zero-order chi connectivity index (χ0) is 10.7. The minimum absolute atomic E-state index is 0.0269. The molecule has 76 valence electrons. The molecule has 0 saturated heterocycles. The molecule has 0 amide bonds. The van der Waals surface area contributed by atoms with Gasteiger partial charge in [-0.05, 0) is 23.8 Å². The van der Waals surface area contributed by atoms with Gasteiger partial charge in [-0.25, -0.2) is 0 Å². The van der Waals surface area contributed by atoms with E-state index in [2.05, 4.69) is 4.98 Å². The summed E-state index contributed by atoms with van der Waals surface area (Å²) in [5.41, 5.74) is 2.76. The Kier molecular flexibility index (Phi) is 2.99. The van der Waals surface area contributed by atoms with Crippen molar-refractivity contribution in [1.82, 2.24) is 4.98 Å². The Bertz CT molecular complexity index is 436. The molecular formula is C12H10ClNO. The molecule has 15 heavy (non-hydrogen) atoms. The molecule has 0 aliphatic rings. The summed E-state index contributed by atoms with van der Waals surface area (Å²) in [7, 11) is 0. The summed E-state index contributed by atoms with van der Waals surface area (Å²) in [4.78, 5) is 4.11. The third-order valence-corrected chi connectivity index (χ3v) is 2.42. The fraction of sp³-hybridized carbons (Fsp3) is 0.0833. The van der Waals surface area contributed by atoms with Gasteiger partial charge in [0.15, 0.2) is 0 Å². The highest BCUT2D eigenvalue weighted by Crippen LogP contribution is 2.20. The van der Waals surface area contributed by atoms with Gasteiger partial charge in [0.25, 0.3) is 0 Å². The summed E-state index contributed by atoms with van der Waals surface area (Å²) in [6, 6.07) is 11.3. The van der Waals surface area contributed by atoms with E-state index in [0.717, 1.165) is 16.1 Å². The van der Waals surface area contributed by atoms with Crippen molar-refractivity contribution in [2.24, 2.45) is 0 Å². The summed E-state index contributed by atoms with van der Waals surface area (Å²) in [6.45, 7) is -0.0269. The number of aromatic nitrogens is 1. The van der Waals surface area contributed by atoms with Crippen LogP contribution in [-0.4, -0.2) is 10.1 Å². The number of aliphatic hydroxyl groups excluding tert-OH is 1. The van der Waals surface area contributed by atoms with E-state index in [4.69, 9.17) is 16.7 Å². The maximum Gasteiger partial charge on any atom is 0.0852 e. The van der Waals surface area contributed by atoms with Crippen molar-refractivity contribution >= 4 is 11.6 Å². The van der Waals surface area contributed by atoms with Crippen LogP contribution in [0.15, 0.2) is 42.6 Å². The van der Waals surface area contributed by atoms with Gasteiger partial charge in [0.05, 0.1) is 12.3 Å². The van der Waals surface area contributed by atoms with E-state index in [1.54, 1.807) is 6.20 Å². The molecule has 0 spiro atoms. The number of aliphatic hydroxyl groups is 1. The number of nitrogens with zero attached hydrogens (tertiary/aromatic N) is 1. The highest BCUT2D eigenvalue weighted by Gasteiger charge is 1.98. The lowest BCUT2D eigenvalue weighted by Gasteiger charge is -2.02. The van der Waals surface area contributed by atoms with E-state index in [1.165, 1.54) is 0 Å². The van der Waals surface area contributed by atoms with Crippen LogP contribution in [0.4, 0.5) is 0 Å². The van der Waals surface area contributed by atoms with Crippen LogP contribution in [0, 0.1) is 0 Å². The third-order valence-electron chi connectivity index (χ3n) is 2.16. The van der Waals surface area contributed by atoms with Gasteiger partial charge in [-0.3, -0.25) is 4.98 Å². The molecule has 0 aliphatic carbocycles. The zero-order valence-electron chi connectivity index (χ0n) is 8.02. The highest BCUT2D eigenvalue weighted by molar-refractivity contribution is 6.30. The first kappa shape index (κ1) is 10.1. The smallest absolute Gasteiger partial charge is 0.0852 e. The Labute approximate surface area is 93.2 Å². The van der Waals surface area contributed by atoms with E-state index in [1.807, 2.05) is 36.4 Å². The number of halogens is 1. The maximum atomic E-state index is 8.86. The summed E-state index contributed by atoms with van der Waals surface area (Å²) in [5.74, 6) is 0. The summed E-state index contributed by atoms with van der Waals surface area (Å²) < 4.78 is 0. The molecular weight excluding hydrogens is 210 g/mol. The van der Waals surface area contributed by atoms with Gasteiger partial charge in [-0.15, -0.1) is 0 Å². The molecule has 2 aromatic rings. The number of rotatable bonds is 2. The Hall–Kier alpha value is -1.38. The molecule has 2 nitrogen and oxygen atoms in total. The lowest BCUT2D eigenvalue weighted by molar-refractivity contribution is 0.277. The number of hydrogen-bond acceptors (Lipinski definition) is 2. The Balaban J connectivity index is 2.33. The fourth-order valence-corrected chi connectivity index (χ4v) is 1.46. The number of hydrogen-bond donors (Lipinski definition) is 1. The molecule has 1 heterocycles. The van der Waals surface area contributed by atoms with E-state index in [-0.39, 0.29) is 6.61 Å². The Morgan fingerprint density at radius 3 is 2.20 bits per heavy atom. The summed E-state index contributed by atoms with van der Waals surface area (Å²) in [5, 5.41) is 9.58. The molecule has 2 rings (SSSR count). The van der Waals surface area contributed by atoms with Crippen LogP contribution >= 0.6 is 11.6 Å². The number of benzene rings is 1. The predicted octanol–water partition coefficient (Wildman–Crippen LogP) is 2.89. The molecule has 0 unspecified atom stereocenters. The molecule has 1 aromatic carbocycles. The monoisotopic (exact) mass is 219 g/mol. The largest absolute Gasteiger partial charge is 0.390 e. The van der Waals surface area contributed by atoms with Crippen LogP contribution in [0.1, 0.15) is 5.69 Å². The van der Waals surface area contributed by atoms with E-state index >= 15 is 0 Å². The molecule has 1 N–H and O–H groups in total. The zero-order valence-corrected chi connectivity index (χ0v) is 8.78. The molecule has 0 radical (unpaired) electrons. The average Bonchev–Trinajstić information content (AvgIpc) is 2.30. The van der Waals surface area contributed by atoms with Crippen molar-refractivity contribution in [3.05, 3.63) is 53.3 Å². The van der Waals surface area contributed by atoms with Gasteiger partial charge >= 0.3 is 0 Å². The van der Waals surface area contributed by atoms with Gasteiger partial charge < -0.3 is 5.11 Å². The Morgan fingerprint density at radius 1 is 1.00 bits per heavy atom. The van der Waals surface area contributed by atoms with Gasteiger partial charge in [-0.1, -0.05) is 29.8 Å². The van der Waals surface area contributed by atoms with Gasteiger partial charge in [-0.2, -0.15) is 0 Å². The van der Waals surface area contributed by atoms with Crippen molar-refractivity contribution in [2.75, 3.05) is 0 Å². The van der Waals surface area contributed by atoms with Crippen molar-refractivity contribution in [3.8, 4) is 11.1 Å². The van der Waals surface area contributed by atoms with Crippen LogP contribution in [0.3, 0.4) is 0 Å². The van der Waals surface area contributed by atoms with E-state index < -0.39 is 0 Å². The van der Waals surface area contributed by atoms with Gasteiger partial charge in [0.2, 0.25) is 0 Å². The average molecular weight is 220 g/mol. The standard InChI is InChI=1S/C12H10ClNO/c13-11-4-1-9(2-5-11)10-3-6-12(8-15)14-7-10/h1-7,15H,8H2. The van der Waals surface area contributed by atoms with E-state index in [9.17, 15) is 0 Å². The number of pyridine rings is 1. The lowest BCUT2D eigenvalue weighted by Crippen LogP contribution is -1.88. The fourth-order valence-electron chi connectivity index (χ4n) is 1.33. The second-order valence-electron chi connectivity index (χ2n) is 3.20. The first-order valence-corrected chi connectivity index (χ1v) is 4.99. The second kappa shape index (κ2) is 4.43. The first-order valence-electron chi connectivity index (χ1n) is 4.61. The van der Waals surface area contributed by atoms with Gasteiger partial charge in [0, 0.05) is 16.8 Å². The normalized spacial score (nSPS) is 10.3. The molecule has 1 aromatic heterocycles. The first-order chi connectivity index (χ1) is 7.29. The predicted molar refractivity (Wildman–Crippen MR) is 60.6 cm³/mol. The minimum atomic E-state index is -0.0269. The highest BCUT2D eigenvalue weighted by atomic mass is 35.5. The molecule has 0 aliphatic heterocycles. The molecule has 0 bridgehead atoms. The SMILES string of the molecule is OCc1ccc(-c2ccc(Cl)cc2)cn1. The van der Waals surface area contributed by atoms with Crippen molar-refractivity contribution in [1.29, 1.82) is 0 Å². The molecule has 0 atom stereocenters. The molecule has 0 fully saturated rings. The van der Waals surface area contributed by atoms with Crippen LogP contribution in [0.25, 0.3) is 11.1 Å². The summed E-state index contributed by atoms with van der Waals surface area (Å²) >= 11 is 5.80. The molecule has 3 heteroatoms. The minimum Gasteiger partial charge on any atom is -0.390 e. The van der Waals surface area contributed by atoms with Crippen LogP contribution < -0.4 is 0 Å². The van der Waals surface area contributed by atoms with Crippen molar-refractivity contribution < 1.29 is 5.11 Å². The van der Waals surface area contributed by atoms with Crippen LogP contribution in [0.5, 0.6) is 0 Å². The maximum absolute atomic E-state index is 8.86. The third kappa shape index (κ3) is 2.35. The van der Waals surface area contributed by atoms with Crippen LogP contribution in [0.2, 0.25) is 5.02 Å². The molecule has 0 saturated carbocycles. The Morgan fingerprint density at radius 2 is 1.67 bits per heavy atom. The van der Waals surface area contributed by atoms with Crippen molar-refractivity contribution in [3.63, 3.8) is 0 Å². The quantitative estimate of drug-likeness (QED) is 0.843. The van der Waals surface area contributed by atoms with Crippen LogP contribution in [-0.2, 0) is 6.61 Å². The second-order valence-corrected chi connectivity index (χ2v) is 3.64. The lowest BCUT2D eigenvalue weighted by atomic mass is 10.1.